The Morgan fingerprint density at radius 2 is 1.96 bits per heavy atom. The van der Waals surface area contributed by atoms with Crippen LogP contribution in [0, 0.1) is 0 Å². The fourth-order valence-electron chi connectivity index (χ4n) is 3.46. The number of hydrogen-bond acceptors (Lipinski definition) is 5. The number of hydrogen-bond donors (Lipinski definition) is 1. The van der Waals surface area contributed by atoms with Crippen molar-refractivity contribution in [1.82, 2.24) is 4.90 Å². The second-order valence-electron chi connectivity index (χ2n) is 6.40. The first-order chi connectivity index (χ1) is 12.6. The van der Waals surface area contributed by atoms with Gasteiger partial charge in [-0.1, -0.05) is 6.07 Å². The van der Waals surface area contributed by atoms with Crippen LogP contribution < -0.4 is 14.8 Å². The molecule has 0 unspecified atom stereocenters. The van der Waals surface area contributed by atoms with E-state index in [2.05, 4.69) is 5.32 Å². The van der Waals surface area contributed by atoms with E-state index < -0.39 is 0 Å². The van der Waals surface area contributed by atoms with Gasteiger partial charge in [-0.15, -0.1) is 11.3 Å². The molecule has 6 nitrogen and oxygen atoms in total. The van der Waals surface area contributed by atoms with Crippen molar-refractivity contribution in [1.29, 1.82) is 0 Å². The first-order valence-corrected chi connectivity index (χ1v) is 9.51. The highest BCUT2D eigenvalue weighted by atomic mass is 32.1. The molecule has 2 amide bonds. The first kappa shape index (κ1) is 16.9. The number of carbonyl (C=O) groups is 2. The topological polar surface area (TPSA) is 67.9 Å². The largest absolute Gasteiger partial charge is 0.486 e. The van der Waals surface area contributed by atoms with Gasteiger partial charge in [0.05, 0.1) is 15.9 Å². The van der Waals surface area contributed by atoms with E-state index in [0.29, 0.717) is 23.1 Å². The molecule has 0 spiro atoms. The van der Waals surface area contributed by atoms with Crippen LogP contribution in [0.2, 0.25) is 0 Å². The lowest BCUT2D eigenvalue weighted by atomic mass is 10.0. The molecule has 1 N–H and O–H groups in total. The Bertz CT molecular complexity index is 848. The summed E-state index contributed by atoms with van der Waals surface area (Å²) in [6.45, 7) is 3.30. The third kappa shape index (κ3) is 3.26. The van der Waals surface area contributed by atoms with Crippen LogP contribution in [0.4, 0.5) is 5.00 Å². The number of carbonyl (C=O) groups excluding carboxylic acids is 2. The normalized spacial score (nSPS) is 18.7. The van der Waals surface area contributed by atoms with Gasteiger partial charge in [0.15, 0.2) is 11.5 Å². The predicted molar refractivity (Wildman–Crippen MR) is 99.1 cm³/mol. The maximum absolute atomic E-state index is 13.0. The molecule has 2 aromatic rings. The maximum Gasteiger partial charge on any atom is 0.264 e. The Balaban J connectivity index is 1.55. The van der Waals surface area contributed by atoms with Gasteiger partial charge in [0.2, 0.25) is 5.91 Å². The SMILES string of the molecule is CC(=O)Nc1ccc(C(=O)N2CCC[C@@H]2c2ccc3c(c2)OCCO3)s1. The van der Waals surface area contributed by atoms with E-state index >= 15 is 0 Å². The van der Waals surface area contributed by atoms with E-state index in [-0.39, 0.29) is 17.9 Å². The van der Waals surface area contributed by atoms with E-state index in [1.165, 1.54) is 18.3 Å². The van der Waals surface area contributed by atoms with Gasteiger partial charge in [0, 0.05) is 13.5 Å². The molecule has 3 heterocycles. The average molecular weight is 372 g/mol. The number of fused-ring (bicyclic) bond motifs is 1. The fraction of sp³-hybridized carbons (Fsp3) is 0.368. The van der Waals surface area contributed by atoms with Crippen LogP contribution in [0.5, 0.6) is 11.5 Å². The number of nitrogens with zero attached hydrogens (tertiary/aromatic N) is 1. The third-order valence-electron chi connectivity index (χ3n) is 4.58. The average Bonchev–Trinajstić information content (AvgIpc) is 3.30. The maximum atomic E-state index is 13.0. The number of rotatable bonds is 3. The molecule has 1 fully saturated rings. The first-order valence-electron chi connectivity index (χ1n) is 8.70. The highest BCUT2D eigenvalue weighted by Crippen LogP contribution is 2.39. The van der Waals surface area contributed by atoms with Crippen LogP contribution in [0.3, 0.4) is 0 Å². The van der Waals surface area contributed by atoms with Gasteiger partial charge < -0.3 is 19.7 Å². The molecule has 1 aromatic heterocycles. The molecule has 0 bridgehead atoms. The minimum Gasteiger partial charge on any atom is -0.486 e. The Morgan fingerprint density at radius 3 is 2.77 bits per heavy atom. The van der Waals surface area contributed by atoms with E-state index in [1.54, 1.807) is 12.1 Å². The summed E-state index contributed by atoms with van der Waals surface area (Å²) in [5.41, 5.74) is 1.07. The summed E-state index contributed by atoms with van der Waals surface area (Å²) in [5.74, 6) is 1.37. The standard InChI is InChI=1S/C19H20N2O4S/c1-12(22)20-18-7-6-17(26-18)19(23)21-8-2-3-14(21)13-4-5-15-16(11-13)25-10-9-24-15/h4-7,11,14H,2-3,8-10H2,1H3,(H,20,22)/t14-/m1/s1. The smallest absolute Gasteiger partial charge is 0.264 e. The van der Waals surface area contributed by atoms with Crippen molar-refractivity contribution >= 4 is 28.2 Å². The highest BCUT2D eigenvalue weighted by molar-refractivity contribution is 7.18. The van der Waals surface area contributed by atoms with Crippen LogP contribution in [0.1, 0.15) is 41.0 Å². The summed E-state index contributed by atoms with van der Waals surface area (Å²) in [6, 6.07) is 9.50. The van der Waals surface area contributed by atoms with Crippen molar-refractivity contribution in [2.75, 3.05) is 25.1 Å². The fourth-order valence-corrected chi connectivity index (χ4v) is 4.37. The van der Waals surface area contributed by atoms with E-state index in [0.717, 1.165) is 36.4 Å². The molecule has 1 saturated heterocycles. The van der Waals surface area contributed by atoms with Crippen LogP contribution >= 0.6 is 11.3 Å². The van der Waals surface area contributed by atoms with Crippen LogP contribution in [-0.2, 0) is 4.79 Å². The zero-order valence-electron chi connectivity index (χ0n) is 14.5. The molecule has 0 aliphatic carbocycles. The molecule has 7 heteroatoms. The molecule has 136 valence electrons. The summed E-state index contributed by atoms with van der Waals surface area (Å²) in [6.07, 6.45) is 1.89. The Labute approximate surface area is 155 Å². The van der Waals surface area contributed by atoms with Gasteiger partial charge in [-0.05, 0) is 42.7 Å². The van der Waals surface area contributed by atoms with Crippen LogP contribution in [0.15, 0.2) is 30.3 Å². The van der Waals surface area contributed by atoms with Crippen molar-refractivity contribution in [3.05, 3.63) is 40.8 Å². The Morgan fingerprint density at radius 1 is 1.15 bits per heavy atom. The van der Waals surface area contributed by atoms with Gasteiger partial charge in [-0.3, -0.25) is 9.59 Å². The highest BCUT2D eigenvalue weighted by Gasteiger charge is 2.32. The van der Waals surface area contributed by atoms with Gasteiger partial charge in [0.1, 0.15) is 13.2 Å². The summed E-state index contributed by atoms with van der Waals surface area (Å²) in [5, 5.41) is 3.42. The van der Waals surface area contributed by atoms with Crippen LogP contribution in [-0.4, -0.2) is 36.5 Å². The number of amides is 2. The van der Waals surface area contributed by atoms with E-state index in [1.807, 2.05) is 23.1 Å². The van der Waals surface area contributed by atoms with E-state index in [4.69, 9.17) is 9.47 Å². The number of thiophene rings is 1. The quantitative estimate of drug-likeness (QED) is 0.896. The molecule has 0 radical (unpaired) electrons. The third-order valence-corrected chi connectivity index (χ3v) is 5.57. The lowest BCUT2D eigenvalue weighted by Crippen LogP contribution is -2.30. The number of nitrogens with one attached hydrogen (secondary N) is 1. The van der Waals surface area contributed by atoms with Gasteiger partial charge in [0.25, 0.3) is 5.91 Å². The zero-order valence-corrected chi connectivity index (χ0v) is 15.3. The zero-order chi connectivity index (χ0) is 18.1. The molecular formula is C19H20N2O4S. The number of benzene rings is 1. The lowest BCUT2D eigenvalue weighted by molar-refractivity contribution is -0.114. The van der Waals surface area contributed by atoms with Crippen molar-refractivity contribution in [2.45, 2.75) is 25.8 Å². The number of likely N-dealkylation sites (tertiary alicyclic amines) is 1. The summed E-state index contributed by atoms with van der Waals surface area (Å²) in [4.78, 5) is 26.7. The molecule has 1 aromatic carbocycles. The molecule has 0 saturated carbocycles. The molecule has 1 atom stereocenters. The van der Waals surface area contributed by atoms with Gasteiger partial charge >= 0.3 is 0 Å². The summed E-state index contributed by atoms with van der Waals surface area (Å²) < 4.78 is 11.3. The van der Waals surface area contributed by atoms with Crippen LogP contribution in [0.25, 0.3) is 0 Å². The van der Waals surface area contributed by atoms with Crippen molar-refractivity contribution in [3.8, 4) is 11.5 Å². The van der Waals surface area contributed by atoms with E-state index in [9.17, 15) is 9.59 Å². The molecule has 4 rings (SSSR count). The minimum atomic E-state index is -0.138. The van der Waals surface area contributed by atoms with Gasteiger partial charge in [-0.2, -0.15) is 0 Å². The number of anilines is 1. The summed E-state index contributed by atoms with van der Waals surface area (Å²) in [7, 11) is 0. The predicted octanol–water partition coefficient (Wildman–Crippen LogP) is 3.46. The lowest BCUT2D eigenvalue weighted by Gasteiger charge is -2.26. The monoisotopic (exact) mass is 372 g/mol. The molecule has 2 aliphatic rings. The van der Waals surface area contributed by atoms with Crippen molar-refractivity contribution in [2.24, 2.45) is 0 Å². The second kappa shape index (κ2) is 6.99. The Kier molecular flexibility index (Phi) is 4.55. The summed E-state index contributed by atoms with van der Waals surface area (Å²) >= 11 is 1.31. The number of ether oxygens (including phenoxy) is 2. The van der Waals surface area contributed by atoms with Gasteiger partial charge in [-0.25, -0.2) is 0 Å². The van der Waals surface area contributed by atoms with Crippen molar-refractivity contribution in [3.63, 3.8) is 0 Å². The Hall–Kier alpha value is -2.54. The second-order valence-corrected chi connectivity index (χ2v) is 7.49. The minimum absolute atomic E-state index is 0.00370. The van der Waals surface area contributed by atoms with Crippen molar-refractivity contribution < 1.29 is 19.1 Å². The molecule has 2 aliphatic heterocycles. The molecular weight excluding hydrogens is 352 g/mol. The molecule has 26 heavy (non-hydrogen) atoms.